The molecule has 0 saturated carbocycles. The molecule has 0 aromatic heterocycles. The van der Waals surface area contributed by atoms with Gasteiger partial charge in [0, 0.05) is 0 Å². The van der Waals surface area contributed by atoms with Crippen LogP contribution >= 0.6 is 0 Å². The number of carboxylic acid groups (broad SMARTS) is 2. The third-order valence-electron chi connectivity index (χ3n) is 2.41. The number of hydrogen-bond donors (Lipinski definition) is 4. The summed E-state index contributed by atoms with van der Waals surface area (Å²) in [4.78, 5) is 20.5. The van der Waals surface area contributed by atoms with Crippen molar-refractivity contribution in [1.82, 2.24) is 0 Å². The first-order valence-electron chi connectivity index (χ1n) is 5.69. The van der Waals surface area contributed by atoms with E-state index in [9.17, 15) is 19.8 Å². The maximum Gasteiger partial charge on any atom is 2.00 e. The number of phenolic OH excluding ortho intramolecular Hbond substituents is 2. The smallest absolute Gasteiger partial charge is 0.873 e. The predicted molar refractivity (Wildman–Crippen MR) is 74.8 cm³/mol. The number of benzene rings is 2. The molecule has 0 fully saturated rings. The van der Waals surface area contributed by atoms with E-state index >= 15 is 0 Å². The molecule has 0 unspecified atom stereocenters. The van der Waals surface area contributed by atoms with Gasteiger partial charge in [-0.2, -0.15) is 0 Å². The van der Waals surface area contributed by atoms with Crippen LogP contribution < -0.4 is 10.2 Å². The molecule has 0 atom stereocenters. The summed E-state index contributed by atoms with van der Waals surface area (Å²) in [6.07, 6.45) is 0. The van der Waals surface area contributed by atoms with Crippen LogP contribution in [0.2, 0.25) is 0 Å². The van der Waals surface area contributed by atoms with Gasteiger partial charge in [-0.1, -0.05) is 12.1 Å². The summed E-state index contributed by atoms with van der Waals surface area (Å²) in [7, 11) is 0. The minimum atomic E-state index is -1.21. The number of aromatic carboxylic acids is 2. The largest absolute Gasteiger partial charge is 2.00 e. The summed E-state index contributed by atoms with van der Waals surface area (Å²) in [5.74, 6) is -4.57. The van der Waals surface area contributed by atoms with Crippen LogP contribution in [0.15, 0.2) is 36.4 Å². The van der Waals surface area contributed by atoms with Crippen molar-refractivity contribution in [2.45, 2.75) is 0 Å². The fourth-order valence-corrected chi connectivity index (χ4v) is 1.30. The van der Waals surface area contributed by atoms with Crippen molar-refractivity contribution in [1.29, 1.82) is 0 Å². The fraction of sp³-hybridized carbons (Fsp3) is 0. The zero-order valence-electron chi connectivity index (χ0n) is 11.6. The van der Waals surface area contributed by atoms with Crippen molar-refractivity contribution >= 4 is 35.0 Å². The van der Waals surface area contributed by atoms with Gasteiger partial charge in [0.25, 0.3) is 0 Å². The van der Waals surface area contributed by atoms with Crippen molar-refractivity contribution in [2.24, 2.45) is 0 Å². The van der Waals surface area contributed by atoms with E-state index in [2.05, 4.69) is 0 Å². The molecule has 0 radical (unpaired) electrons. The molecule has 8 nitrogen and oxygen atoms in total. The predicted octanol–water partition coefficient (Wildman–Crippen LogP) is -0.0528. The molecule has 0 aliphatic carbocycles. The molecule has 0 bridgehead atoms. The van der Waals surface area contributed by atoms with Gasteiger partial charge in [-0.15, -0.1) is 11.5 Å². The van der Waals surface area contributed by atoms with Crippen molar-refractivity contribution in [3.8, 4) is 23.0 Å². The molecule has 4 N–H and O–H groups in total. The van der Waals surface area contributed by atoms with Crippen molar-refractivity contribution in [2.75, 3.05) is 0 Å². The third-order valence-corrected chi connectivity index (χ3v) is 2.41. The van der Waals surface area contributed by atoms with Gasteiger partial charge in [0.15, 0.2) is 11.5 Å². The van der Waals surface area contributed by atoms with Gasteiger partial charge < -0.3 is 30.6 Å². The standard InChI is InChI=1S/2C7H6O4.Mg/c2*8-5-2-1-4(7(10)11)3-6(5)9;/h2*1-3,8-9H,(H,10,11);/q;;+2/p-2. The molecule has 0 spiro atoms. The monoisotopic (exact) mass is 330 g/mol. The molecule has 116 valence electrons. The first-order chi connectivity index (χ1) is 10.2. The summed E-state index contributed by atoms with van der Waals surface area (Å²) < 4.78 is 0. The number of phenols is 2. The van der Waals surface area contributed by atoms with Crippen molar-refractivity contribution in [3.05, 3.63) is 47.5 Å². The normalized spacial score (nSPS) is 9.04. The molecule has 0 saturated heterocycles. The second-order valence-corrected chi connectivity index (χ2v) is 3.98. The SMILES string of the molecule is O=C(O)c1ccc(O)c(O)c1.O=C(O)c1ccc([O-])c([O-])c1.[Mg+2]. The van der Waals surface area contributed by atoms with E-state index in [4.69, 9.17) is 20.4 Å². The summed E-state index contributed by atoms with van der Waals surface area (Å²) in [5.41, 5.74) is -0.213. The zero-order valence-corrected chi connectivity index (χ0v) is 13.0. The third kappa shape index (κ3) is 5.92. The number of carboxylic acids is 2. The molecule has 9 heteroatoms. The Morgan fingerprint density at radius 1 is 0.739 bits per heavy atom. The molecule has 2 aromatic rings. The van der Waals surface area contributed by atoms with Gasteiger partial charge in [-0.05, 0) is 24.3 Å². The minimum absolute atomic E-state index is 0. The Hall–Kier alpha value is -2.65. The number of aromatic hydroxyl groups is 2. The van der Waals surface area contributed by atoms with Crippen LogP contribution in [0.4, 0.5) is 0 Å². The van der Waals surface area contributed by atoms with Crippen LogP contribution in [-0.4, -0.2) is 55.4 Å². The van der Waals surface area contributed by atoms with Gasteiger partial charge in [0.05, 0.1) is 11.1 Å². The average Bonchev–Trinajstić information content (AvgIpc) is 2.45. The molecule has 2 aromatic carbocycles. The van der Waals surface area contributed by atoms with Crippen LogP contribution in [0.3, 0.4) is 0 Å². The van der Waals surface area contributed by atoms with E-state index in [1.54, 1.807) is 0 Å². The quantitative estimate of drug-likeness (QED) is 0.440. The van der Waals surface area contributed by atoms with Crippen LogP contribution in [-0.2, 0) is 0 Å². The van der Waals surface area contributed by atoms with E-state index in [-0.39, 0.29) is 39.9 Å². The molecule has 23 heavy (non-hydrogen) atoms. The first-order valence-corrected chi connectivity index (χ1v) is 5.69. The summed E-state index contributed by atoms with van der Waals surface area (Å²) >= 11 is 0. The molecular weight excluding hydrogens is 320 g/mol. The van der Waals surface area contributed by atoms with E-state index in [0.29, 0.717) is 0 Å². The topological polar surface area (TPSA) is 161 Å². The van der Waals surface area contributed by atoms with Gasteiger partial charge >= 0.3 is 35.0 Å². The molecule has 0 aliphatic heterocycles. The minimum Gasteiger partial charge on any atom is -0.873 e. The number of carbonyl (C=O) groups is 2. The Morgan fingerprint density at radius 3 is 1.65 bits per heavy atom. The summed E-state index contributed by atoms with van der Waals surface area (Å²) in [5, 5.41) is 55.4. The zero-order chi connectivity index (χ0) is 16.9. The maximum atomic E-state index is 10.6. The molecule has 0 heterocycles. The van der Waals surface area contributed by atoms with E-state index in [1.165, 1.54) is 6.07 Å². The summed E-state index contributed by atoms with van der Waals surface area (Å²) in [6, 6.07) is 6.18. The summed E-state index contributed by atoms with van der Waals surface area (Å²) in [6.45, 7) is 0. The van der Waals surface area contributed by atoms with E-state index < -0.39 is 29.2 Å². The van der Waals surface area contributed by atoms with Crippen LogP contribution in [0, 0.1) is 0 Å². The number of rotatable bonds is 2. The Morgan fingerprint density at radius 2 is 1.22 bits per heavy atom. The number of hydrogen-bond acceptors (Lipinski definition) is 6. The Kier molecular flexibility index (Phi) is 7.70. The average molecular weight is 331 g/mol. The Balaban J connectivity index is 0.000000403. The van der Waals surface area contributed by atoms with Crippen LogP contribution in [0.5, 0.6) is 23.0 Å². The second-order valence-electron chi connectivity index (χ2n) is 3.98. The van der Waals surface area contributed by atoms with Crippen molar-refractivity contribution in [3.63, 3.8) is 0 Å². The van der Waals surface area contributed by atoms with Gasteiger partial charge in [0.2, 0.25) is 0 Å². The molecule has 0 amide bonds. The van der Waals surface area contributed by atoms with Gasteiger partial charge in [-0.3, -0.25) is 0 Å². The Bertz CT molecular complexity index is 652. The fourth-order valence-electron chi connectivity index (χ4n) is 1.30. The van der Waals surface area contributed by atoms with Crippen molar-refractivity contribution < 1.29 is 40.2 Å². The van der Waals surface area contributed by atoms with Gasteiger partial charge in [0.1, 0.15) is 0 Å². The van der Waals surface area contributed by atoms with Crippen LogP contribution in [0.1, 0.15) is 20.7 Å². The molecular formula is C14H10MgO8. The van der Waals surface area contributed by atoms with E-state index in [0.717, 1.165) is 30.3 Å². The van der Waals surface area contributed by atoms with Gasteiger partial charge in [-0.25, -0.2) is 9.59 Å². The van der Waals surface area contributed by atoms with E-state index in [1.807, 2.05) is 0 Å². The second kappa shape index (κ2) is 8.71. The first kappa shape index (κ1) is 20.3. The molecule has 0 aliphatic rings. The molecule has 2 rings (SSSR count). The Labute approximate surface area is 146 Å². The maximum absolute atomic E-state index is 10.6. The van der Waals surface area contributed by atoms with Crippen LogP contribution in [0.25, 0.3) is 0 Å².